The van der Waals surface area contributed by atoms with E-state index < -0.39 is 5.97 Å². The van der Waals surface area contributed by atoms with Crippen LogP contribution >= 0.6 is 0 Å². The van der Waals surface area contributed by atoms with E-state index in [9.17, 15) is 10.1 Å². The van der Waals surface area contributed by atoms with Crippen LogP contribution in [0.2, 0.25) is 0 Å². The van der Waals surface area contributed by atoms with Gasteiger partial charge in [-0.3, -0.25) is 0 Å². The van der Waals surface area contributed by atoms with Gasteiger partial charge < -0.3 is 4.74 Å². The fraction of sp³-hybridized carbons (Fsp3) is 0.111. The molecule has 0 spiro atoms. The summed E-state index contributed by atoms with van der Waals surface area (Å²) in [4.78, 5) is 12.2. The lowest BCUT2D eigenvalue weighted by atomic mass is 9.98. The van der Waals surface area contributed by atoms with E-state index in [2.05, 4.69) is 6.07 Å². The van der Waals surface area contributed by atoms with Gasteiger partial charge in [-0.1, -0.05) is 48.5 Å². The number of nitrogens with zero attached hydrogens (tertiary/aromatic N) is 1. The maximum absolute atomic E-state index is 12.2. The first-order valence-corrected chi connectivity index (χ1v) is 6.69. The molecule has 104 valence electrons. The van der Waals surface area contributed by atoms with E-state index in [-0.39, 0.29) is 0 Å². The minimum absolute atomic E-state index is 0.291. The second-order valence-corrected chi connectivity index (χ2v) is 4.35. The van der Waals surface area contributed by atoms with Gasteiger partial charge in [0.2, 0.25) is 0 Å². The molecular weight excluding hydrogens is 262 g/mol. The lowest BCUT2D eigenvalue weighted by molar-refractivity contribution is -0.136. The first-order chi connectivity index (χ1) is 10.3. The Hall–Kier alpha value is -2.86. The molecule has 21 heavy (non-hydrogen) atoms. The third kappa shape index (κ3) is 3.58. The Balaban J connectivity index is 2.54. The molecule has 0 saturated carbocycles. The molecule has 0 aliphatic carbocycles. The van der Waals surface area contributed by atoms with E-state index in [1.165, 1.54) is 0 Å². The van der Waals surface area contributed by atoms with E-state index in [1.54, 1.807) is 37.3 Å². The molecule has 2 aromatic carbocycles. The molecule has 2 aromatic rings. The van der Waals surface area contributed by atoms with Gasteiger partial charge in [-0.2, -0.15) is 5.26 Å². The maximum atomic E-state index is 12.2. The van der Waals surface area contributed by atoms with Gasteiger partial charge in [-0.25, -0.2) is 4.79 Å². The number of ether oxygens (including phenoxy) is 1. The number of rotatable bonds is 4. The van der Waals surface area contributed by atoms with Crippen molar-refractivity contribution in [3.63, 3.8) is 0 Å². The highest BCUT2D eigenvalue weighted by Gasteiger charge is 2.16. The molecule has 3 nitrogen and oxygen atoms in total. The second kappa shape index (κ2) is 7.06. The van der Waals surface area contributed by atoms with E-state index >= 15 is 0 Å². The Morgan fingerprint density at radius 2 is 1.81 bits per heavy atom. The summed E-state index contributed by atoms with van der Waals surface area (Å²) in [5, 5.41) is 9.22. The van der Waals surface area contributed by atoms with Crippen molar-refractivity contribution < 1.29 is 9.53 Å². The normalized spacial score (nSPS) is 10.8. The van der Waals surface area contributed by atoms with E-state index in [0.717, 1.165) is 5.56 Å². The minimum Gasteiger partial charge on any atom is -0.462 e. The maximum Gasteiger partial charge on any atom is 0.338 e. The average molecular weight is 277 g/mol. The summed E-state index contributed by atoms with van der Waals surface area (Å²) in [7, 11) is 0. The van der Waals surface area contributed by atoms with Crippen molar-refractivity contribution in [3.8, 4) is 6.07 Å². The van der Waals surface area contributed by atoms with E-state index in [0.29, 0.717) is 23.3 Å². The minimum atomic E-state index is -0.427. The van der Waals surface area contributed by atoms with Crippen LogP contribution in [-0.4, -0.2) is 12.6 Å². The number of carbonyl (C=O) groups excluding carboxylic acids is 1. The summed E-state index contributed by atoms with van der Waals surface area (Å²) in [5.41, 5.74) is 2.31. The van der Waals surface area contributed by atoms with Crippen LogP contribution in [0, 0.1) is 11.3 Å². The monoisotopic (exact) mass is 277 g/mol. The Morgan fingerprint density at radius 3 is 2.48 bits per heavy atom. The predicted octanol–water partition coefficient (Wildman–Crippen LogP) is 3.66. The zero-order chi connectivity index (χ0) is 15.1. The van der Waals surface area contributed by atoms with Crippen LogP contribution in [0.3, 0.4) is 0 Å². The van der Waals surface area contributed by atoms with E-state index in [1.807, 2.05) is 30.3 Å². The number of nitriles is 1. The highest BCUT2D eigenvalue weighted by molar-refractivity contribution is 6.22. The predicted molar refractivity (Wildman–Crippen MR) is 82.1 cm³/mol. The zero-order valence-corrected chi connectivity index (χ0v) is 11.7. The van der Waals surface area contributed by atoms with Gasteiger partial charge in [0.25, 0.3) is 0 Å². The average Bonchev–Trinajstić information content (AvgIpc) is 2.54. The number of benzene rings is 2. The molecule has 0 aliphatic heterocycles. The van der Waals surface area contributed by atoms with Crippen molar-refractivity contribution in [2.45, 2.75) is 6.92 Å². The highest BCUT2D eigenvalue weighted by atomic mass is 16.5. The summed E-state index contributed by atoms with van der Waals surface area (Å²) < 4.78 is 5.11. The molecule has 0 aromatic heterocycles. The number of hydrogen-bond acceptors (Lipinski definition) is 3. The number of hydrogen-bond donors (Lipinski definition) is 0. The summed E-state index contributed by atoms with van der Waals surface area (Å²) in [5.74, 6) is -0.427. The van der Waals surface area contributed by atoms with Gasteiger partial charge in [0.15, 0.2) is 0 Å². The molecule has 0 bridgehead atoms. The molecule has 0 fully saturated rings. The molecule has 0 unspecified atom stereocenters. The van der Waals surface area contributed by atoms with Crippen molar-refractivity contribution in [3.05, 3.63) is 71.3 Å². The van der Waals surface area contributed by atoms with Crippen molar-refractivity contribution >= 4 is 17.6 Å². The molecule has 3 heteroatoms. The van der Waals surface area contributed by atoms with Crippen LogP contribution in [0.5, 0.6) is 0 Å². The standard InChI is InChI=1S/C18H15NO2/c1-2-21-18(20)17(12-14-8-4-3-5-9-14)16-11-7-6-10-15(16)13-19/h3-12H,2H2,1H3/b17-12+. The Bertz CT molecular complexity index is 697. The topological polar surface area (TPSA) is 50.1 Å². The summed E-state index contributed by atoms with van der Waals surface area (Å²) in [6, 6.07) is 18.6. The lowest BCUT2D eigenvalue weighted by Gasteiger charge is -2.09. The van der Waals surface area contributed by atoms with Gasteiger partial charge in [0.05, 0.1) is 23.8 Å². The molecule has 0 amide bonds. The first kappa shape index (κ1) is 14.5. The van der Waals surface area contributed by atoms with Crippen LogP contribution in [-0.2, 0) is 9.53 Å². The van der Waals surface area contributed by atoms with Gasteiger partial charge in [-0.05, 0) is 24.6 Å². The third-order valence-corrected chi connectivity index (χ3v) is 2.94. The van der Waals surface area contributed by atoms with Crippen molar-refractivity contribution in [1.82, 2.24) is 0 Å². The first-order valence-electron chi connectivity index (χ1n) is 6.69. The van der Waals surface area contributed by atoms with Crippen molar-refractivity contribution in [1.29, 1.82) is 5.26 Å². The van der Waals surface area contributed by atoms with Crippen LogP contribution in [0.1, 0.15) is 23.6 Å². The van der Waals surface area contributed by atoms with E-state index in [4.69, 9.17) is 4.74 Å². The fourth-order valence-corrected chi connectivity index (χ4v) is 1.99. The van der Waals surface area contributed by atoms with Crippen molar-refractivity contribution in [2.24, 2.45) is 0 Å². The van der Waals surface area contributed by atoms with Gasteiger partial charge in [-0.15, -0.1) is 0 Å². The summed E-state index contributed by atoms with van der Waals surface area (Å²) in [6.07, 6.45) is 1.74. The van der Waals surface area contributed by atoms with Gasteiger partial charge in [0.1, 0.15) is 0 Å². The number of carbonyl (C=O) groups is 1. The van der Waals surface area contributed by atoms with Crippen LogP contribution < -0.4 is 0 Å². The molecule has 0 radical (unpaired) electrons. The van der Waals surface area contributed by atoms with Gasteiger partial charge >= 0.3 is 5.97 Å². The molecule has 0 N–H and O–H groups in total. The smallest absolute Gasteiger partial charge is 0.338 e. The van der Waals surface area contributed by atoms with Gasteiger partial charge in [0, 0.05) is 5.56 Å². The second-order valence-electron chi connectivity index (χ2n) is 4.35. The fourth-order valence-electron chi connectivity index (χ4n) is 1.99. The highest BCUT2D eigenvalue weighted by Crippen LogP contribution is 2.23. The molecule has 0 heterocycles. The molecule has 0 atom stereocenters. The zero-order valence-electron chi connectivity index (χ0n) is 11.7. The Kier molecular flexibility index (Phi) is 4.89. The molecule has 2 rings (SSSR count). The Labute approximate surface area is 124 Å². The van der Waals surface area contributed by atoms with Crippen molar-refractivity contribution in [2.75, 3.05) is 6.61 Å². The Morgan fingerprint density at radius 1 is 1.14 bits per heavy atom. The molecule has 0 aliphatic rings. The van der Waals surface area contributed by atoms with Crippen LogP contribution in [0.4, 0.5) is 0 Å². The van der Waals surface area contributed by atoms with Crippen LogP contribution in [0.15, 0.2) is 54.6 Å². The van der Waals surface area contributed by atoms with Crippen LogP contribution in [0.25, 0.3) is 11.6 Å². The lowest BCUT2D eigenvalue weighted by Crippen LogP contribution is -2.08. The largest absolute Gasteiger partial charge is 0.462 e. The third-order valence-electron chi connectivity index (χ3n) is 2.94. The molecular formula is C18H15NO2. The quantitative estimate of drug-likeness (QED) is 0.487. The summed E-state index contributed by atoms with van der Waals surface area (Å²) >= 11 is 0. The molecule has 0 saturated heterocycles. The SMILES string of the molecule is CCOC(=O)/C(=C/c1ccccc1)c1ccccc1C#N. The summed E-state index contributed by atoms with van der Waals surface area (Å²) in [6.45, 7) is 2.05. The number of esters is 1.